The van der Waals surface area contributed by atoms with E-state index in [4.69, 9.17) is 0 Å². The van der Waals surface area contributed by atoms with Gasteiger partial charge >= 0.3 is 0 Å². The van der Waals surface area contributed by atoms with Gasteiger partial charge in [0.15, 0.2) is 0 Å². The standard InChI is InChI=1S/C4H10N2.C4H9NS.C2H5NO/c1-6-3-2-5-4-6;1-3-6-4-2-5-1;1-2(3)4/h5H,2-4H2,1H3;5H,1-4H2;1H3,(H2,3,4). The Kier molecular flexibility index (Phi) is 11.0. The molecule has 0 aromatic rings. The molecule has 2 heterocycles. The van der Waals surface area contributed by atoms with E-state index in [0.717, 1.165) is 13.2 Å². The molecule has 0 aromatic heterocycles. The van der Waals surface area contributed by atoms with Crippen LogP contribution in [0.4, 0.5) is 0 Å². The highest BCUT2D eigenvalue weighted by Crippen LogP contribution is 1.99. The van der Waals surface area contributed by atoms with Gasteiger partial charge in [-0.05, 0) is 7.05 Å². The molecule has 4 N–H and O–H groups in total. The molecule has 5 nitrogen and oxygen atoms in total. The molecule has 0 unspecified atom stereocenters. The Balaban J connectivity index is 0.000000217. The van der Waals surface area contributed by atoms with E-state index in [1.807, 2.05) is 11.8 Å². The molecule has 0 aliphatic carbocycles. The number of amides is 1. The number of hydrogen-bond donors (Lipinski definition) is 3. The van der Waals surface area contributed by atoms with Gasteiger partial charge < -0.3 is 16.4 Å². The SMILES string of the molecule is C1CSCCN1.CC(N)=O.CN1CCNC1. The molecule has 16 heavy (non-hydrogen) atoms. The van der Waals surface area contributed by atoms with Crippen molar-refractivity contribution >= 4 is 17.7 Å². The summed E-state index contributed by atoms with van der Waals surface area (Å²) >= 11 is 2.03. The Hall–Kier alpha value is -0.300. The molecule has 1 amide bonds. The summed E-state index contributed by atoms with van der Waals surface area (Å²) < 4.78 is 0. The monoisotopic (exact) mass is 248 g/mol. The van der Waals surface area contributed by atoms with Crippen LogP contribution in [0.2, 0.25) is 0 Å². The number of nitrogens with one attached hydrogen (secondary N) is 2. The molecule has 0 radical (unpaired) electrons. The first-order valence-corrected chi connectivity index (χ1v) is 6.72. The normalized spacial score (nSPS) is 20.1. The number of hydrogen-bond acceptors (Lipinski definition) is 5. The topological polar surface area (TPSA) is 70.4 Å². The number of primary amides is 1. The van der Waals surface area contributed by atoms with Crippen LogP contribution in [0.15, 0.2) is 0 Å². The maximum absolute atomic E-state index is 9.22. The van der Waals surface area contributed by atoms with E-state index >= 15 is 0 Å². The van der Waals surface area contributed by atoms with E-state index in [0.29, 0.717) is 0 Å². The number of carbonyl (C=O) groups is 1. The lowest BCUT2D eigenvalue weighted by Gasteiger charge is -2.08. The van der Waals surface area contributed by atoms with E-state index in [-0.39, 0.29) is 5.91 Å². The molecule has 0 spiro atoms. The molecule has 0 atom stereocenters. The fraction of sp³-hybridized carbons (Fsp3) is 0.900. The van der Waals surface area contributed by atoms with Crippen molar-refractivity contribution in [2.75, 3.05) is 51.4 Å². The van der Waals surface area contributed by atoms with Crippen LogP contribution in [0.5, 0.6) is 0 Å². The quantitative estimate of drug-likeness (QED) is 0.528. The zero-order valence-corrected chi connectivity index (χ0v) is 11.1. The van der Waals surface area contributed by atoms with Crippen LogP contribution in [-0.2, 0) is 4.79 Å². The maximum atomic E-state index is 9.22. The van der Waals surface area contributed by atoms with Crippen molar-refractivity contribution in [3.05, 3.63) is 0 Å². The predicted molar refractivity (Wildman–Crippen MR) is 70.6 cm³/mol. The van der Waals surface area contributed by atoms with Crippen LogP contribution in [0.1, 0.15) is 6.92 Å². The van der Waals surface area contributed by atoms with Crippen molar-refractivity contribution in [2.45, 2.75) is 6.92 Å². The molecular weight excluding hydrogens is 224 g/mol. The summed E-state index contributed by atoms with van der Waals surface area (Å²) in [5.41, 5.74) is 4.47. The molecule has 2 aliphatic rings. The van der Waals surface area contributed by atoms with E-state index < -0.39 is 0 Å². The first-order valence-electron chi connectivity index (χ1n) is 5.56. The fourth-order valence-electron chi connectivity index (χ4n) is 1.13. The van der Waals surface area contributed by atoms with Gasteiger partial charge in [-0.1, -0.05) is 0 Å². The minimum atomic E-state index is -0.333. The van der Waals surface area contributed by atoms with E-state index in [1.54, 1.807) is 0 Å². The Morgan fingerprint density at radius 1 is 1.25 bits per heavy atom. The van der Waals surface area contributed by atoms with Crippen LogP contribution in [0, 0.1) is 0 Å². The second-order valence-corrected chi connectivity index (χ2v) is 4.94. The molecule has 2 rings (SSSR count). The van der Waals surface area contributed by atoms with Crippen molar-refractivity contribution in [2.24, 2.45) is 5.73 Å². The third-order valence-electron chi connectivity index (χ3n) is 1.90. The average molecular weight is 248 g/mol. The summed E-state index contributed by atoms with van der Waals surface area (Å²) in [4.78, 5) is 11.5. The maximum Gasteiger partial charge on any atom is 0.214 e. The highest BCUT2D eigenvalue weighted by atomic mass is 32.2. The summed E-state index contributed by atoms with van der Waals surface area (Å²) in [5, 5.41) is 6.46. The summed E-state index contributed by atoms with van der Waals surface area (Å²) in [6.45, 7) is 7.17. The summed E-state index contributed by atoms with van der Waals surface area (Å²) in [5.74, 6) is 2.28. The molecule has 0 aromatic carbocycles. The van der Waals surface area contributed by atoms with Crippen molar-refractivity contribution in [1.29, 1.82) is 0 Å². The lowest BCUT2D eigenvalue weighted by molar-refractivity contribution is -0.115. The first kappa shape index (κ1) is 15.7. The first-order chi connectivity index (χ1) is 7.63. The van der Waals surface area contributed by atoms with Gasteiger partial charge in [-0.3, -0.25) is 9.69 Å². The number of nitrogens with zero attached hydrogens (tertiary/aromatic N) is 1. The zero-order chi connectivity index (χ0) is 12.2. The van der Waals surface area contributed by atoms with Gasteiger partial charge in [0.05, 0.1) is 0 Å². The number of thioether (sulfide) groups is 1. The second kappa shape index (κ2) is 11.2. The van der Waals surface area contributed by atoms with Gasteiger partial charge in [0.1, 0.15) is 0 Å². The smallest absolute Gasteiger partial charge is 0.214 e. The second-order valence-electron chi connectivity index (χ2n) is 3.71. The zero-order valence-electron chi connectivity index (χ0n) is 10.3. The summed E-state index contributed by atoms with van der Waals surface area (Å²) in [6.07, 6.45) is 0. The van der Waals surface area contributed by atoms with Crippen LogP contribution in [-0.4, -0.2) is 62.2 Å². The van der Waals surface area contributed by atoms with E-state index in [1.165, 1.54) is 38.1 Å². The molecule has 96 valence electrons. The van der Waals surface area contributed by atoms with Crippen molar-refractivity contribution in [1.82, 2.24) is 15.5 Å². The van der Waals surface area contributed by atoms with Crippen molar-refractivity contribution < 1.29 is 4.79 Å². The molecule has 6 heteroatoms. The average Bonchev–Trinajstić information content (AvgIpc) is 2.72. The molecule has 2 saturated heterocycles. The van der Waals surface area contributed by atoms with Gasteiger partial charge in [0, 0.05) is 51.3 Å². The minimum Gasteiger partial charge on any atom is -0.370 e. The van der Waals surface area contributed by atoms with Crippen LogP contribution < -0.4 is 16.4 Å². The Morgan fingerprint density at radius 3 is 1.94 bits per heavy atom. The molecule has 2 fully saturated rings. The lowest BCUT2D eigenvalue weighted by atomic mass is 10.6. The van der Waals surface area contributed by atoms with Gasteiger partial charge in [-0.25, -0.2) is 0 Å². The number of likely N-dealkylation sites (N-methyl/N-ethyl adjacent to an activating group) is 1. The summed E-state index contributed by atoms with van der Waals surface area (Å²) in [6, 6.07) is 0. The van der Waals surface area contributed by atoms with E-state index in [9.17, 15) is 4.79 Å². The Labute approximate surface area is 103 Å². The number of nitrogens with two attached hydrogens (primary N) is 1. The third-order valence-corrected chi connectivity index (χ3v) is 2.88. The van der Waals surface area contributed by atoms with Crippen LogP contribution >= 0.6 is 11.8 Å². The number of carbonyl (C=O) groups excluding carboxylic acids is 1. The van der Waals surface area contributed by atoms with Gasteiger partial charge in [0.2, 0.25) is 5.91 Å². The van der Waals surface area contributed by atoms with Gasteiger partial charge in [-0.2, -0.15) is 11.8 Å². The highest BCUT2D eigenvalue weighted by Gasteiger charge is 2.01. The van der Waals surface area contributed by atoms with Gasteiger partial charge in [0.25, 0.3) is 0 Å². The minimum absolute atomic E-state index is 0.333. The number of rotatable bonds is 0. The highest BCUT2D eigenvalue weighted by molar-refractivity contribution is 7.99. The molecule has 0 bridgehead atoms. The van der Waals surface area contributed by atoms with Crippen LogP contribution in [0.25, 0.3) is 0 Å². The summed E-state index contributed by atoms with van der Waals surface area (Å²) in [7, 11) is 2.11. The molecule has 0 saturated carbocycles. The van der Waals surface area contributed by atoms with Crippen molar-refractivity contribution in [3.63, 3.8) is 0 Å². The molecular formula is C10H24N4OS. The molecule has 2 aliphatic heterocycles. The fourth-order valence-corrected chi connectivity index (χ4v) is 1.92. The Bertz CT molecular complexity index is 155. The third kappa shape index (κ3) is 13.7. The predicted octanol–water partition coefficient (Wildman–Crippen LogP) is -0.707. The van der Waals surface area contributed by atoms with E-state index in [2.05, 4.69) is 28.3 Å². The van der Waals surface area contributed by atoms with Crippen LogP contribution in [0.3, 0.4) is 0 Å². The lowest BCUT2D eigenvalue weighted by Crippen LogP contribution is -2.24. The largest absolute Gasteiger partial charge is 0.370 e. The van der Waals surface area contributed by atoms with Crippen molar-refractivity contribution in [3.8, 4) is 0 Å². The Morgan fingerprint density at radius 2 is 1.81 bits per heavy atom. The van der Waals surface area contributed by atoms with Gasteiger partial charge in [-0.15, -0.1) is 0 Å².